The van der Waals surface area contributed by atoms with Crippen LogP contribution in [-0.4, -0.2) is 32.7 Å². The van der Waals surface area contributed by atoms with E-state index in [0.717, 1.165) is 13.0 Å². The topological polar surface area (TPSA) is 41.6 Å². The normalized spacial score (nSPS) is 14.7. The molecule has 0 saturated carbocycles. The molecule has 1 N–H and O–H groups in total. The molecule has 1 unspecified atom stereocenters. The number of nitrogens with one attached hydrogen (secondary N) is 1. The van der Waals surface area contributed by atoms with E-state index in [1.807, 2.05) is 0 Å². The Bertz CT molecular complexity index is 627. The van der Waals surface area contributed by atoms with Crippen molar-refractivity contribution in [2.45, 2.75) is 12.5 Å². The highest BCUT2D eigenvalue weighted by Crippen LogP contribution is 2.36. The molecule has 2 heterocycles. The van der Waals surface area contributed by atoms with Gasteiger partial charge in [0, 0.05) is 30.8 Å². The minimum atomic E-state index is -0.0726. The number of para-hydroxylation sites is 1. The lowest BCUT2D eigenvalue weighted by molar-refractivity contribution is -0.124. The van der Waals surface area contributed by atoms with Crippen LogP contribution in [0.5, 0.6) is 0 Å². The molecule has 0 radical (unpaired) electrons. The molecular formula is C17H20N2O2S. The van der Waals surface area contributed by atoms with E-state index < -0.39 is 0 Å². The second-order valence-electron chi connectivity index (χ2n) is 5.34. The van der Waals surface area contributed by atoms with Crippen LogP contribution in [0.1, 0.15) is 16.5 Å². The number of carbonyl (C=O) groups excluding carboxylic acids is 1. The predicted octanol–water partition coefficient (Wildman–Crippen LogP) is 2.61. The highest BCUT2D eigenvalue weighted by atomic mass is 32.1. The van der Waals surface area contributed by atoms with Crippen molar-refractivity contribution in [2.75, 3.05) is 31.7 Å². The number of nitrogens with zero attached hydrogens (tertiary/aromatic N) is 1. The second-order valence-corrected chi connectivity index (χ2v) is 6.32. The molecule has 116 valence electrons. The SMILES string of the molecule is COCC(=O)NCC(c1cccs1)N1CCc2ccccc21. The van der Waals surface area contributed by atoms with Crippen molar-refractivity contribution >= 4 is 22.9 Å². The van der Waals surface area contributed by atoms with E-state index in [1.54, 1.807) is 11.3 Å². The lowest BCUT2D eigenvalue weighted by atomic mass is 10.1. The summed E-state index contributed by atoms with van der Waals surface area (Å²) in [5.74, 6) is -0.0726. The Morgan fingerprint density at radius 1 is 1.36 bits per heavy atom. The summed E-state index contributed by atoms with van der Waals surface area (Å²) in [6.45, 7) is 1.69. The highest BCUT2D eigenvalue weighted by molar-refractivity contribution is 7.10. The van der Waals surface area contributed by atoms with Crippen LogP contribution in [0.4, 0.5) is 5.69 Å². The van der Waals surface area contributed by atoms with Crippen molar-refractivity contribution in [1.82, 2.24) is 5.32 Å². The van der Waals surface area contributed by atoms with E-state index in [1.165, 1.54) is 23.2 Å². The molecule has 1 aromatic heterocycles. The first-order chi connectivity index (χ1) is 10.8. The quantitative estimate of drug-likeness (QED) is 0.891. The van der Waals surface area contributed by atoms with Crippen molar-refractivity contribution in [3.8, 4) is 0 Å². The van der Waals surface area contributed by atoms with Crippen LogP contribution >= 0.6 is 11.3 Å². The van der Waals surface area contributed by atoms with Crippen LogP contribution in [-0.2, 0) is 16.0 Å². The van der Waals surface area contributed by atoms with E-state index in [9.17, 15) is 4.79 Å². The maximum absolute atomic E-state index is 11.7. The maximum Gasteiger partial charge on any atom is 0.246 e. The third-order valence-corrected chi connectivity index (χ3v) is 4.91. The molecule has 0 spiro atoms. The molecule has 22 heavy (non-hydrogen) atoms. The molecule has 1 aliphatic heterocycles. The molecule has 3 rings (SSSR count). The fraction of sp³-hybridized carbons (Fsp3) is 0.353. The zero-order valence-electron chi connectivity index (χ0n) is 12.6. The first-order valence-electron chi connectivity index (χ1n) is 7.43. The van der Waals surface area contributed by atoms with E-state index in [2.05, 4.69) is 52.0 Å². The summed E-state index contributed by atoms with van der Waals surface area (Å²) in [6, 6.07) is 12.9. The number of anilines is 1. The Morgan fingerprint density at radius 3 is 3.00 bits per heavy atom. The number of hydrogen-bond donors (Lipinski definition) is 1. The van der Waals surface area contributed by atoms with E-state index in [0.29, 0.717) is 6.54 Å². The minimum absolute atomic E-state index is 0.0726. The summed E-state index contributed by atoms with van der Waals surface area (Å²) in [4.78, 5) is 15.4. The van der Waals surface area contributed by atoms with Crippen molar-refractivity contribution in [3.05, 3.63) is 52.2 Å². The molecule has 0 bridgehead atoms. The molecule has 1 amide bonds. The molecule has 0 saturated heterocycles. The number of ether oxygens (including phenoxy) is 1. The average Bonchev–Trinajstić information content (AvgIpc) is 3.18. The number of benzene rings is 1. The summed E-state index contributed by atoms with van der Waals surface area (Å²) in [7, 11) is 1.53. The highest BCUT2D eigenvalue weighted by Gasteiger charge is 2.27. The zero-order valence-corrected chi connectivity index (χ0v) is 13.4. The monoisotopic (exact) mass is 316 g/mol. The number of hydrogen-bond acceptors (Lipinski definition) is 4. The zero-order chi connectivity index (χ0) is 15.4. The summed E-state index contributed by atoms with van der Waals surface area (Å²) >= 11 is 1.73. The lowest BCUT2D eigenvalue weighted by Crippen LogP contribution is -2.38. The third kappa shape index (κ3) is 3.15. The first kappa shape index (κ1) is 15.1. The van der Waals surface area contributed by atoms with Gasteiger partial charge in [0.15, 0.2) is 0 Å². The fourth-order valence-electron chi connectivity index (χ4n) is 2.93. The van der Waals surface area contributed by atoms with Crippen molar-refractivity contribution < 1.29 is 9.53 Å². The van der Waals surface area contributed by atoms with Crippen molar-refractivity contribution in [2.24, 2.45) is 0 Å². The van der Waals surface area contributed by atoms with Crippen LogP contribution in [0.3, 0.4) is 0 Å². The van der Waals surface area contributed by atoms with Gasteiger partial charge in [0.05, 0.1) is 6.04 Å². The lowest BCUT2D eigenvalue weighted by Gasteiger charge is -2.30. The van der Waals surface area contributed by atoms with E-state index in [4.69, 9.17) is 4.74 Å². The van der Waals surface area contributed by atoms with Crippen LogP contribution in [0.2, 0.25) is 0 Å². The smallest absolute Gasteiger partial charge is 0.246 e. The molecule has 2 aromatic rings. The number of carbonyl (C=O) groups is 1. The van der Waals surface area contributed by atoms with Gasteiger partial charge in [-0.25, -0.2) is 0 Å². The maximum atomic E-state index is 11.7. The summed E-state index contributed by atoms with van der Waals surface area (Å²) in [5, 5.41) is 5.07. The molecule has 1 aromatic carbocycles. The van der Waals surface area contributed by atoms with Crippen molar-refractivity contribution in [1.29, 1.82) is 0 Å². The number of fused-ring (bicyclic) bond motifs is 1. The average molecular weight is 316 g/mol. The Kier molecular flexibility index (Phi) is 4.75. The second kappa shape index (κ2) is 6.94. The minimum Gasteiger partial charge on any atom is -0.375 e. The summed E-state index contributed by atoms with van der Waals surface area (Å²) in [5.41, 5.74) is 2.66. The van der Waals surface area contributed by atoms with Gasteiger partial charge >= 0.3 is 0 Å². The molecule has 0 fully saturated rings. The molecular weight excluding hydrogens is 296 g/mol. The van der Waals surface area contributed by atoms with Gasteiger partial charge < -0.3 is 15.0 Å². The molecule has 5 heteroatoms. The Labute approximate surface area is 134 Å². The number of thiophene rings is 1. The summed E-state index contributed by atoms with van der Waals surface area (Å²) < 4.78 is 4.89. The van der Waals surface area contributed by atoms with Gasteiger partial charge in [0.1, 0.15) is 6.61 Å². The van der Waals surface area contributed by atoms with Crippen LogP contribution in [0.25, 0.3) is 0 Å². The van der Waals surface area contributed by atoms with Gasteiger partial charge in [-0.05, 0) is 29.5 Å². The van der Waals surface area contributed by atoms with Gasteiger partial charge in [0.2, 0.25) is 5.91 Å². The largest absolute Gasteiger partial charge is 0.375 e. The number of rotatable bonds is 6. The van der Waals surface area contributed by atoms with E-state index in [-0.39, 0.29) is 18.6 Å². The molecule has 1 aliphatic rings. The van der Waals surface area contributed by atoms with Gasteiger partial charge in [0.25, 0.3) is 0 Å². The predicted molar refractivity (Wildman–Crippen MR) is 89.4 cm³/mol. The summed E-state index contributed by atoms with van der Waals surface area (Å²) in [6.07, 6.45) is 1.06. The molecule has 1 atom stereocenters. The number of amides is 1. The fourth-order valence-corrected chi connectivity index (χ4v) is 3.76. The standard InChI is InChI=1S/C17H20N2O2S/c1-21-12-17(20)18-11-15(16-7-4-10-22-16)19-9-8-13-5-2-3-6-14(13)19/h2-7,10,15H,8-9,11-12H2,1H3,(H,18,20). The Morgan fingerprint density at radius 2 is 2.23 bits per heavy atom. The van der Waals surface area contributed by atoms with Gasteiger partial charge in [-0.1, -0.05) is 24.3 Å². The van der Waals surface area contributed by atoms with Crippen molar-refractivity contribution in [3.63, 3.8) is 0 Å². The van der Waals surface area contributed by atoms with Gasteiger partial charge in [-0.2, -0.15) is 0 Å². The Balaban J connectivity index is 1.80. The van der Waals surface area contributed by atoms with Crippen LogP contribution in [0, 0.1) is 0 Å². The van der Waals surface area contributed by atoms with E-state index >= 15 is 0 Å². The third-order valence-electron chi connectivity index (χ3n) is 3.94. The Hall–Kier alpha value is -1.85. The molecule has 0 aliphatic carbocycles. The molecule has 4 nitrogen and oxygen atoms in total. The van der Waals surface area contributed by atoms with Gasteiger partial charge in [-0.3, -0.25) is 4.79 Å². The van der Waals surface area contributed by atoms with Crippen LogP contribution in [0.15, 0.2) is 41.8 Å². The van der Waals surface area contributed by atoms with Gasteiger partial charge in [-0.15, -0.1) is 11.3 Å². The number of methoxy groups -OCH3 is 1. The van der Waals surface area contributed by atoms with Crippen LogP contribution < -0.4 is 10.2 Å². The first-order valence-corrected chi connectivity index (χ1v) is 8.31.